The van der Waals surface area contributed by atoms with Gasteiger partial charge in [-0.1, -0.05) is 12.1 Å². The second-order valence-electron chi connectivity index (χ2n) is 5.34. The Morgan fingerprint density at radius 2 is 1.74 bits per heavy atom. The highest BCUT2D eigenvalue weighted by atomic mass is 35.5. The molecule has 1 amide bonds. The van der Waals surface area contributed by atoms with Gasteiger partial charge < -0.3 is 44.7 Å². The van der Waals surface area contributed by atoms with Crippen LogP contribution in [-0.2, 0) is 4.79 Å². The predicted molar refractivity (Wildman–Crippen MR) is 85.2 cm³/mol. The largest absolute Gasteiger partial charge is 1.00 e. The molecule has 1 aromatic rings. The van der Waals surface area contributed by atoms with E-state index in [0.717, 1.165) is 31.9 Å². The van der Waals surface area contributed by atoms with Crippen molar-refractivity contribution in [2.75, 3.05) is 52.2 Å². The number of carbonyl (C=O) groups excluding carboxylic acids is 1. The zero-order valence-electron chi connectivity index (χ0n) is 14.4. The Hall–Kier alpha value is -1.01. The monoisotopic (exact) mass is 365 g/mol. The molecule has 1 atom stereocenters. The number of likely N-dealkylation sites (N-methyl/N-ethyl adjacent to an activating group) is 2. The van der Waals surface area contributed by atoms with Crippen molar-refractivity contribution >= 4 is 11.6 Å². The van der Waals surface area contributed by atoms with Gasteiger partial charge in [0.25, 0.3) is 5.91 Å². The van der Waals surface area contributed by atoms with E-state index in [9.17, 15) is 4.79 Å². The molecule has 134 valence electrons. The standard InChI is InChI=1S/C16H27N3O2.2ClH/c1-5-19(6-2)12-11-18(3)13-16(20)17-14-9-7-8-10-15(14)21-4;;/h7-10H,5-6,11-13H2,1-4H3,(H,17,20);2*1H. The lowest BCUT2D eigenvalue weighted by Crippen LogP contribution is -3.19. The molecule has 0 bridgehead atoms. The van der Waals surface area contributed by atoms with Crippen molar-refractivity contribution in [2.24, 2.45) is 0 Å². The van der Waals surface area contributed by atoms with Gasteiger partial charge >= 0.3 is 0 Å². The molecule has 0 aliphatic carbocycles. The topological polar surface area (TPSA) is 47.2 Å². The Labute approximate surface area is 152 Å². The van der Waals surface area contributed by atoms with Gasteiger partial charge in [-0.15, -0.1) is 0 Å². The molecule has 0 aliphatic heterocycles. The number of rotatable bonds is 9. The SMILES string of the molecule is CC[NH+](CC)CC[NH+](C)CC(=O)Nc1ccccc1OC.[Cl-].[Cl-]. The number of amides is 1. The number of para-hydroxylation sites is 2. The van der Waals surface area contributed by atoms with Crippen molar-refractivity contribution in [3.05, 3.63) is 24.3 Å². The fourth-order valence-corrected chi connectivity index (χ4v) is 2.30. The van der Waals surface area contributed by atoms with E-state index in [2.05, 4.69) is 26.2 Å². The summed E-state index contributed by atoms with van der Waals surface area (Å²) in [7, 11) is 3.67. The van der Waals surface area contributed by atoms with Crippen LogP contribution in [0.25, 0.3) is 0 Å². The predicted octanol–water partition coefficient (Wildman–Crippen LogP) is -6.92. The zero-order valence-corrected chi connectivity index (χ0v) is 15.9. The van der Waals surface area contributed by atoms with Gasteiger partial charge in [0.1, 0.15) is 18.8 Å². The van der Waals surface area contributed by atoms with Crippen LogP contribution >= 0.6 is 0 Å². The number of methoxy groups -OCH3 is 1. The summed E-state index contributed by atoms with van der Waals surface area (Å²) in [6.07, 6.45) is 0. The Morgan fingerprint density at radius 3 is 2.30 bits per heavy atom. The highest BCUT2D eigenvalue weighted by molar-refractivity contribution is 5.92. The average Bonchev–Trinajstić information content (AvgIpc) is 2.48. The van der Waals surface area contributed by atoms with Crippen molar-refractivity contribution in [3.63, 3.8) is 0 Å². The number of nitrogens with one attached hydrogen (secondary N) is 3. The van der Waals surface area contributed by atoms with Crippen LogP contribution in [-0.4, -0.2) is 52.8 Å². The highest BCUT2D eigenvalue weighted by Crippen LogP contribution is 2.22. The number of carbonyl (C=O) groups is 1. The lowest BCUT2D eigenvalue weighted by atomic mass is 10.3. The van der Waals surface area contributed by atoms with Gasteiger partial charge in [0.05, 0.1) is 32.9 Å². The molecule has 1 rings (SSSR count). The summed E-state index contributed by atoms with van der Waals surface area (Å²) >= 11 is 0. The normalized spacial score (nSPS) is 11.2. The van der Waals surface area contributed by atoms with E-state index < -0.39 is 0 Å². The number of benzene rings is 1. The first-order chi connectivity index (χ1) is 10.1. The smallest absolute Gasteiger partial charge is 0.279 e. The van der Waals surface area contributed by atoms with Crippen molar-refractivity contribution in [1.29, 1.82) is 0 Å². The maximum absolute atomic E-state index is 12.1. The van der Waals surface area contributed by atoms with Crippen LogP contribution in [0, 0.1) is 0 Å². The van der Waals surface area contributed by atoms with Gasteiger partial charge in [0.15, 0.2) is 6.54 Å². The first-order valence-corrected chi connectivity index (χ1v) is 7.68. The summed E-state index contributed by atoms with van der Waals surface area (Å²) in [5, 5.41) is 2.92. The molecule has 23 heavy (non-hydrogen) atoms. The van der Waals surface area contributed by atoms with Gasteiger partial charge in [0.2, 0.25) is 0 Å². The summed E-state index contributed by atoms with van der Waals surface area (Å²) in [5.41, 5.74) is 0.729. The molecule has 7 heteroatoms. The first-order valence-electron chi connectivity index (χ1n) is 7.68. The number of hydrogen-bond acceptors (Lipinski definition) is 2. The third-order valence-electron chi connectivity index (χ3n) is 3.75. The summed E-state index contributed by atoms with van der Waals surface area (Å²) in [5.74, 6) is 0.711. The van der Waals surface area contributed by atoms with Crippen LogP contribution < -0.4 is 44.7 Å². The molecular formula is C16H29Cl2N3O2. The molecule has 0 saturated carbocycles. The fourth-order valence-electron chi connectivity index (χ4n) is 2.30. The van der Waals surface area contributed by atoms with E-state index in [1.807, 2.05) is 24.3 Å². The van der Waals surface area contributed by atoms with E-state index >= 15 is 0 Å². The quantitative estimate of drug-likeness (QED) is 0.407. The second-order valence-corrected chi connectivity index (χ2v) is 5.34. The molecule has 0 aliphatic rings. The highest BCUT2D eigenvalue weighted by Gasteiger charge is 2.14. The lowest BCUT2D eigenvalue weighted by molar-refractivity contribution is -0.943. The number of hydrogen-bond donors (Lipinski definition) is 3. The molecule has 0 radical (unpaired) electrons. The number of ether oxygens (including phenoxy) is 1. The molecule has 0 spiro atoms. The minimum absolute atomic E-state index is 0. The summed E-state index contributed by atoms with van der Waals surface area (Å²) in [6, 6.07) is 7.47. The van der Waals surface area contributed by atoms with Crippen molar-refractivity contribution < 1.29 is 44.1 Å². The van der Waals surface area contributed by atoms with Crippen molar-refractivity contribution in [3.8, 4) is 5.75 Å². The minimum atomic E-state index is 0. The van der Waals surface area contributed by atoms with E-state index in [4.69, 9.17) is 4.74 Å². The summed E-state index contributed by atoms with van der Waals surface area (Å²) < 4.78 is 5.23. The van der Waals surface area contributed by atoms with Crippen LogP contribution in [0.5, 0.6) is 5.75 Å². The maximum Gasteiger partial charge on any atom is 0.279 e. The van der Waals surface area contributed by atoms with E-state index in [1.165, 1.54) is 4.90 Å². The van der Waals surface area contributed by atoms with Crippen molar-refractivity contribution in [2.45, 2.75) is 13.8 Å². The molecule has 5 nitrogen and oxygen atoms in total. The second kappa shape index (κ2) is 13.4. The molecular weight excluding hydrogens is 337 g/mol. The average molecular weight is 366 g/mol. The molecule has 1 unspecified atom stereocenters. The molecule has 1 aromatic carbocycles. The Bertz CT molecular complexity index is 443. The van der Waals surface area contributed by atoms with Crippen molar-refractivity contribution in [1.82, 2.24) is 0 Å². The first kappa shape index (κ1) is 24.2. The van der Waals surface area contributed by atoms with Gasteiger partial charge in [-0.25, -0.2) is 0 Å². The summed E-state index contributed by atoms with van der Waals surface area (Å²) in [6.45, 7) is 9.23. The third-order valence-corrected chi connectivity index (χ3v) is 3.75. The molecule has 0 saturated heterocycles. The Morgan fingerprint density at radius 1 is 1.13 bits per heavy atom. The Kier molecular flexibility index (Phi) is 14.2. The Balaban J connectivity index is 0. The van der Waals surface area contributed by atoms with Gasteiger partial charge in [-0.2, -0.15) is 0 Å². The fraction of sp³-hybridized carbons (Fsp3) is 0.562. The molecule has 0 heterocycles. The van der Waals surface area contributed by atoms with Crippen LogP contribution in [0.2, 0.25) is 0 Å². The van der Waals surface area contributed by atoms with Crippen LogP contribution in [0.3, 0.4) is 0 Å². The van der Waals surface area contributed by atoms with E-state index in [0.29, 0.717) is 12.3 Å². The van der Waals surface area contributed by atoms with E-state index in [1.54, 1.807) is 12.0 Å². The van der Waals surface area contributed by atoms with Crippen LogP contribution in [0.1, 0.15) is 13.8 Å². The third kappa shape index (κ3) is 9.01. The molecule has 3 N–H and O–H groups in total. The van der Waals surface area contributed by atoms with Gasteiger partial charge in [0, 0.05) is 0 Å². The maximum atomic E-state index is 12.1. The molecule has 0 fully saturated rings. The lowest BCUT2D eigenvalue weighted by Gasteiger charge is -2.19. The number of quaternary nitrogens is 2. The van der Waals surface area contributed by atoms with E-state index in [-0.39, 0.29) is 30.7 Å². The van der Waals surface area contributed by atoms with Crippen LogP contribution in [0.4, 0.5) is 5.69 Å². The summed E-state index contributed by atoms with van der Waals surface area (Å²) in [4.78, 5) is 14.9. The zero-order chi connectivity index (χ0) is 15.7. The van der Waals surface area contributed by atoms with Crippen LogP contribution in [0.15, 0.2) is 24.3 Å². The van der Waals surface area contributed by atoms with Gasteiger partial charge in [-0.05, 0) is 26.0 Å². The molecule has 0 aromatic heterocycles. The number of halogens is 2. The minimum Gasteiger partial charge on any atom is -1.00 e. The van der Waals surface area contributed by atoms with Gasteiger partial charge in [-0.3, -0.25) is 4.79 Å². The number of anilines is 1.